The van der Waals surface area contributed by atoms with Gasteiger partial charge >= 0.3 is 0 Å². The molecule has 0 radical (unpaired) electrons. The zero-order chi connectivity index (χ0) is 19.2. The topological polar surface area (TPSA) is 119 Å². The highest BCUT2D eigenvalue weighted by molar-refractivity contribution is 5.96. The van der Waals surface area contributed by atoms with Crippen molar-refractivity contribution in [2.24, 2.45) is 0 Å². The maximum absolute atomic E-state index is 11.6. The number of carbonyl (C=O) groups excluding carboxylic acids is 1. The number of aromatic nitrogens is 3. The predicted octanol–water partition coefficient (Wildman–Crippen LogP) is 0.869. The van der Waals surface area contributed by atoms with E-state index in [1.54, 1.807) is 18.3 Å². The first-order valence-corrected chi connectivity index (χ1v) is 8.52. The Kier molecular flexibility index (Phi) is 5.68. The second kappa shape index (κ2) is 8.33. The third-order valence-corrected chi connectivity index (χ3v) is 4.14. The van der Waals surface area contributed by atoms with Crippen molar-refractivity contribution in [2.45, 2.75) is 13.0 Å². The highest BCUT2D eigenvalue weighted by Crippen LogP contribution is 2.26. The summed E-state index contributed by atoms with van der Waals surface area (Å²) in [6.07, 6.45) is 2.79. The molecule has 2 aromatic heterocycles. The number of hydrogen-bond acceptors (Lipinski definition) is 7. The molecule has 0 unspecified atom stereocenters. The average Bonchev–Trinajstić information content (AvgIpc) is 3.19. The zero-order valence-corrected chi connectivity index (χ0v) is 15.2. The van der Waals surface area contributed by atoms with E-state index in [1.165, 1.54) is 13.3 Å². The number of nitrogens with zero attached hydrogens (tertiary/aromatic N) is 3. The summed E-state index contributed by atoms with van der Waals surface area (Å²) in [5, 5.41) is 20.1. The fourth-order valence-corrected chi connectivity index (χ4v) is 2.74. The first-order chi connectivity index (χ1) is 13.1. The molecule has 2 aromatic rings. The van der Waals surface area contributed by atoms with Crippen molar-refractivity contribution in [3.8, 4) is 11.8 Å². The lowest BCUT2D eigenvalue weighted by molar-refractivity contribution is -0.115. The van der Waals surface area contributed by atoms with Gasteiger partial charge in [0.2, 0.25) is 0 Å². The molecular formula is C18H21N7O2. The van der Waals surface area contributed by atoms with E-state index in [2.05, 4.69) is 44.5 Å². The van der Waals surface area contributed by atoms with Crippen LogP contribution < -0.4 is 15.5 Å². The molecule has 9 nitrogen and oxygen atoms in total. The van der Waals surface area contributed by atoms with Crippen molar-refractivity contribution < 1.29 is 9.53 Å². The van der Waals surface area contributed by atoms with Gasteiger partial charge in [-0.15, -0.1) is 0 Å². The number of rotatable bonds is 4. The average molecular weight is 367 g/mol. The second-order valence-corrected chi connectivity index (χ2v) is 5.98. The number of nitrogens with one attached hydrogen (secondary N) is 4. The maximum Gasteiger partial charge on any atom is 0.295 e. The number of aromatic amines is 1. The SMILES string of the molecule is CNC(=O)C#Cc1cc(N2CCOC[C@H]2C)nc(Nc2ccn[nH]2)c1C=N. The molecule has 0 bridgehead atoms. The standard InChI is InChI=1S/C18H21N7O2/c1-12-11-27-8-7-25(12)16-9-13(3-4-17(26)20-2)14(10-19)18(23-16)22-15-5-6-21-24-15/h5-6,9-10,12,19H,7-8,11H2,1-2H3,(H,20,26)(H2,21,22,23,24)/t12-/m1/s1. The van der Waals surface area contributed by atoms with E-state index in [0.717, 1.165) is 0 Å². The van der Waals surface area contributed by atoms with Crippen LogP contribution in [0.3, 0.4) is 0 Å². The van der Waals surface area contributed by atoms with E-state index < -0.39 is 5.91 Å². The molecule has 1 saturated heterocycles. The van der Waals surface area contributed by atoms with Gasteiger partial charge < -0.3 is 25.7 Å². The molecule has 1 fully saturated rings. The summed E-state index contributed by atoms with van der Waals surface area (Å²) in [6.45, 7) is 3.98. The normalized spacial score (nSPS) is 16.2. The number of pyridine rings is 1. The Morgan fingerprint density at radius 3 is 3.07 bits per heavy atom. The van der Waals surface area contributed by atoms with Gasteiger partial charge in [0, 0.05) is 37.4 Å². The summed E-state index contributed by atoms with van der Waals surface area (Å²) >= 11 is 0. The number of anilines is 3. The molecule has 0 aromatic carbocycles. The second-order valence-electron chi connectivity index (χ2n) is 5.98. The maximum atomic E-state index is 11.6. The predicted molar refractivity (Wildman–Crippen MR) is 103 cm³/mol. The molecule has 4 N–H and O–H groups in total. The first kappa shape index (κ1) is 18.4. The number of ether oxygens (including phenoxy) is 1. The Morgan fingerprint density at radius 1 is 1.56 bits per heavy atom. The van der Waals surface area contributed by atoms with E-state index in [0.29, 0.717) is 48.3 Å². The van der Waals surface area contributed by atoms with Gasteiger partial charge in [-0.25, -0.2) is 4.98 Å². The lowest BCUT2D eigenvalue weighted by Gasteiger charge is -2.34. The smallest absolute Gasteiger partial charge is 0.295 e. The van der Waals surface area contributed by atoms with Crippen LogP contribution in [-0.2, 0) is 9.53 Å². The number of H-pyrrole nitrogens is 1. The molecular weight excluding hydrogens is 346 g/mol. The van der Waals surface area contributed by atoms with Gasteiger partial charge in [0.25, 0.3) is 5.91 Å². The minimum Gasteiger partial charge on any atom is -0.377 e. The largest absolute Gasteiger partial charge is 0.377 e. The van der Waals surface area contributed by atoms with Gasteiger partial charge in [-0.05, 0) is 13.0 Å². The summed E-state index contributed by atoms with van der Waals surface area (Å²) in [5.41, 5.74) is 1.03. The molecule has 0 spiro atoms. The van der Waals surface area contributed by atoms with Gasteiger partial charge in [-0.1, -0.05) is 5.92 Å². The van der Waals surface area contributed by atoms with Crippen LogP contribution >= 0.6 is 0 Å². The molecule has 9 heteroatoms. The monoisotopic (exact) mass is 367 g/mol. The minimum atomic E-state index is -0.396. The zero-order valence-electron chi connectivity index (χ0n) is 15.2. The van der Waals surface area contributed by atoms with Gasteiger partial charge in [0.1, 0.15) is 17.5 Å². The van der Waals surface area contributed by atoms with Crippen molar-refractivity contribution in [2.75, 3.05) is 37.0 Å². The van der Waals surface area contributed by atoms with Crippen LogP contribution in [0.25, 0.3) is 0 Å². The lowest BCUT2D eigenvalue weighted by Crippen LogP contribution is -2.44. The van der Waals surface area contributed by atoms with Gasteiger partial charge in [-0.2, -0.15) is 5.10 Å². The highest BCUT2D eigenvalue weighted by Gasteiger charge is 2.22. The number of carbonyl (C=O) groups is 1. The van der Waals surface area contributed by atoms with Crippen LogP contribution in [0.1, 0.15) is 18.1 Å². The van der Waals surface area contributed by atoms with Crippen molar-refractivity contribution in [3.63, 3.8) is 0 Å². The Bertz CT molecular complexity index is 883. The number of hydrogen-bond donors (Lipinski definition) is 4. The Morgan fingerprint density at radius 2 is 2.41 bits per heavy atom. The van der Waals surface area contributed by atoms with Crippen LogP contribution in [0, 0.1) is 17.3 Å². The number of morpholine rings is 1. The van der Waals surface area contributed by atoms with Crippen LogP contribution in [-0.4, -0.2) is 60.2 Å². The van der Waals surface area contributed by atoms with Crippen molar-refractivity contribution in [1.82, 2.24) is 20.5 Å². The third-order valence-electron chi connectivity index (χ3n) is 4.14. The Labute approximate surface area is 157 Å². The summed E-state index contributed by atoms with van der Waals surface area (Å²) in [5.74, 6) is 6.80. The molecule has 0 aliphatic carbocycles. The molecule has 1 aliphatic rings. The fourth-order valence-electron chi connectivity index (χ4n) is 2.74. The Balaban J connectivity index is 2.08. The molecule has 3 heterocycles. The van der Waals surface area contributed by atoms with E-state index in [9.17, 15) is 4.79 Å². The molecule has 27 heavy (non-hydrogen) atoms. The van der Waals surface area contributed by atoms with Crippen LogP contribution in [0.4, 0.5) is 17.5 Å². The van der Waals surface area contributed by atoms with Crippen molar-refractivity contribution >= 4 is 29.6 Å². The van der Waals surface area contributed by atoms with Crippen LogP contribution in [0.5, 0.6) is 0 Å². The molecule has 1 amide bonds. The quantitative estimate of drug-likeness (QED) is 0.470. The molecule has 140 valence electrons. The summed E-state index contributed by atoms with van der Waals surface area (Å²) in [6, 6.07) is 3.71. The number of amides is 1. The van der Waals surface area contributed by atoms with Crippen molar-refractivity contribution in [3.05, 3.63) is 29.5 Å². The van der Waals surface area contributed by atoms with Gasteiger partial charge in [0.15, 0.2) is 0 Å². The molecule has 0 saturated carbocycles. The van der Waals surface area contributed by atoms with E-state index in [-0.39, 0.29) is 6.04 Å². The molecule has 1 aliphatic heterocycles. The van der Waals surface area contributed by atoms with E-state index >= 15 is 0 Å². The molecule has 1 atom stereocenters. The third kappa shape index (κ3) is 4.24. The van der Waals surface area contributed by atoms with Gasteiger partial charge in [-0.3, -0.25) is 9.89 Å². The Hall–Kier alpha value is -3.38. The first-order valence-electron chi connectivity index (χ1n) is 8.52. The minimum absolute atomic E-state index is 0.150. The fraction of sp³-hybridized carbons (Fsp3) is 0.333. The van der Waals surface area contributed by atoms with Gasteiger partial charge in [0.05, 0.1) is 31.0 Å². The van der Waals surface area contributed by atoms with E-state index in [1.807, 2.05) is 0 Å². The molecule has 3 rings (SSSR count). The summed E-state index contributed by atoms with van der Waals surface area (Å²) < 4.78 is 5.50. The highest BCUT2D eigenvalue weighted by atomic mass is 16.5. The van der Waals surface area contributed by atoms with Crippen LogP contribution in [0.15, 0.2) is 18.3 Å². The van der Waals surface area contributed by atoms with Crippen LogP contribution in [0.2, 0.25) is 0 Å². The van der Waals surface area contributed by atoms with Crippen molar-refractivity contribution in [1.29, 1.82) is 5.41 Å². The lowest BCUT2D eigenvalue weighted by atomic mass is 10.1. The van der Waals surface area contributed by atoms with E-state index in [4.69, 9.17) is 15.1 Å². The summed E-state index contributed by atoms with van der Waals surface area (Å²) in [7, 11) is 1.52. The summed E-state index contributed by atoms with van der Waals surface area (Å²) in [4.78, 5) is 18.4.